The molecule has 0 aliphatic rings. The van der Waals surface area contributed by atoms with E-state index >= 15 is 0 Å². The van der Waals surface area contributed by atoms with Gasteiger partial charge in [-0.15, -0.1) is 6.42 Å². The molecule has 0 aliphatic heterocycles. The number of hydrogen-bond acceptors (Lipinski definition) is 5. The molecule has 0 aromatic heterocycles. The second kappa shape index (κ2) is 8.79. The largest absolute Gasteiger partial charge is 0.491 e. The number of benzene rings is 1. The quantitative estimate of drug-likeness (QED) is 0.392. The lowest BCUT2D eigenvalue weighted by atomic mass is 10.1. The van der Waals surface area contributed by atoms with E-state index in [9.17, 15) is 8.42 Å². The third-order valence-corrected chi connectivity index (χ3v) is 3.79. The maximum absolute atomic E-state index is 10.8. The summed E-state index contributed by atoms with van der Waals surface area (Å²) in [5, 5.41) is 0. The molecule has 1 atom stereocenters. The van der Waals surface area contributed by atoms with Crippen LogP contribution < -0.4 is 4.74 Å². The highest BCUT2D eigenvalue weighted by Crippen LogP contribution is 2.14. The molecule has 0 heterocycles. The summed E-state index contributed by atoms with van der Waals surface area (Å²) in [4.78, 5) is 2.12. The van der Waals surface area contributed by atoms with Gasteiger partial charge in [-0.2, -0.15) is 8.42 Å². The van der Waals surface area contributed by atoms with Crippen molar-refractivity contribution < 1.29 is 17.3 Å². The van der Waals surface area contributed by atoms with Crippen LogP contribution in [0.25, 0.3) is 0 Å². The Bertz CT molecular complexity index is 590. The number of ether oxygens (including phenoxy) is 1. The fraction of sp³-hybridized carbons (Fsp3) is 0.500. The van der Waals surface area contributed by atoms with Crippen LogP contribution in [0.3, 0.4) is 0 Å². The predicted molar refractivity (Wildman–Crippen MR) is 87.4 cm³/mol. The smallest absolute Gasteiger partial charge is 0.264 e. The van der Waals surface area contributed by atoms with Crippen LogP contribution in [0.1, 0.15) is 12.5 Å². The minimum atomic E-state index is -3.41. The molecule has 0 N–H and O–H groups in total. The number of hydrogen-bond donors (Lipinski definition) is 0. The van der Waals surface area contributed by atoms with E-state index in [4.69, 9.17) is 11.2 Å². The van der Waals surface area contributed by atoms with Gasteiger partial charge < -0.3 is 4.74 Å². The lowest BCUT2D eigenvalue weighted by molar-refractivity contribution is 0.222. The van der Waals surface area contributed by atoms with Gasteiger partial charge in [0.15, 0.2) is 0 Å². The minimum Gasteiger partial charge on any atom is -0.491 e. The number of likely N-dealkylation sites (N-methyl/N-ethyl adjacent to an activating group) is 1. The molecule has 1 aromatic rings. The molecular weight excluding hydrogens is 302 g/mol. The summed E-state index contributed by atoms with van der Waals surface area (Å²) in [6.45, 7) is 2.95. The first-order valence-electron chi connectivity index (χ1n) is 7.01. The molecule has 6 heteroatoms. The van der Waals surface area contributed by atoms with Gasteiger partial charge in [0.1, 0.15) is 19.0 Å². The molecule has 0 aliphatic carbocycles. The molecule has 0 amide bonds. The third kappa shape index (κ3) is 7.46. The van der Waals surface area contributed by atoms with Crippen molar-refractivity contribution in [3.8, 4) is 18.1 Å². The Kier molecular flexibility index (Phi) is 7.39. The predicted octanol–water partition coefficient (Wildman–Crippen LogP) is 1.54. The number of rotatable bonds is 9. The topological polar surface area (TPSA) is 55.8 Å². The van der Waals surface area contributed by atoms with Crippen LogP contribution >= 0.6 is 0 Å². The molecule has 1 rings (SSSR count). The number of terminal acetylenes is 1. The standard InChI is InChI=1S/C16H23NO4S/c1-5-10-17(3)14(2)13-15-6-8-16(9-7-15)20-11-12-21-22(4,18)19/h1,6-9,14H,10-13H2,2-4H3. The first kappa shape index (κ1) is 18.5. The second-order valence-electron chi connectivity index (χ2n) is 5.19. The van der Waals surface area contributed by atoms with Gasteiger partial charge in [0.2, 0.25) is 0 Å². The van der Waals surface area contributed by atoms with Crippen molar-refractivity contribution >= 4 is 10.1 Å². The first-order chi connectivity index (χ1) is 10.3. The molecule has 0 bridgehead atoms. The van der Waals surface area contributed by atoms with E-state index in [2.05, 4.69) is 21.9 Å². The van der Waals surface area contributed by atoms with Gasteiger partial charge in [-0.05, 0) is 38.1 Å². The van der Waals surface area contributed by atoms with Gasteiger partial charge in [0.05, 0.1) is 12.8 Å². The third-order valence-electron chi connectivity index (χ3n) is 3.20. The van der Waals surface area contributed by atoms with Crippen molar-refractivity contribution in [3.05, 3.63) is 29.8 Å². The van der Waals surface area contributed by atoms with E-state index in [1.807, 2.05) is 31.3 Å². The summed E-state index contributed by atoms with van der Waals surface area (Å²) in [6, 6.07) is 8.07. The van der Waals surface area contributed by atoms with Gasteiger partial charge in [-0.25, -0.2) is 0 Å². The van der Waals surface area contributed by atoms with Crippen molar-refractivity contribution in [2.75, 3.05) is 33.1 Å². The highest BCUT2D eigenvalue weighted by molar-refractivity contribution is 7.85. The molecule has 0 saturated heterocycles. The Morgan fingerprint density at radius 2 is 1.91 bits per heavy atom. The second-order valence-corrected chi connectivity index (χ2v) is 6.83. The van der Waals surface area contributed by atoms with E-state index in [1.54, 1.807) is 0 Å². The van der Waals surface area contributed by atoms with Crippen LogP contribution in [0.2, 0.25) is 0 Å². The van der Waals surface area contributed by atoms with Crippen LogP contribution in [0.5, 0.6) is 5.75 Å². The van der Waals surface area contributed by atoms with Gasteiger partial charge >= 0.3 is 0 Å². The van der Waals surface area contributed by atoms with Crippen LogP contribution in [-0.4, -0.2) is 52.4 Å². The highest BCUT2D eigenvalue weighted by Gasteiger charge is 2.09. The summed E-state index contributed by atoms with van der Waals surface area (Å²) < 4.78 is 31.6. The SMILES string of the molecule is C#CCN(C)C(C)Cc1ccc(OCCOS(C)(=O)=O)cc1. The monoisotopic (exact) mass is 325 g/mol. The fourth-order valence-corrected chi connectivity index (χ4v) is 2.23. The van der Waals surface area contributed by atoms with Crippen molar-refractivity contribution in [3.63, 3.8) is 0 Å². The fourth-order valence-electron chi connectivity index (χ4n) is 1.86. The van der Waals surface area contributed by atoms with Gasteiger partial charge in [0, 0.05) is 6.04 Å². The Labute approximate surface area is 133 Å². The van der Waals surface area contributed by atoms with Crippen molar-refractivity contribution in [1.29, 1.82) is 0 Å². The normalized spacial score (nSPS) is 12.9. The summed E-state index contributed by atoms with van der Waals surface area (Å²) in [7, 11) is -1.41. The van der Waals surface area contributed by atoms with E-state index in [0.717, 1.165) is 12.7 Å². The van der Waals surface area contributed by atoms with Crippen LogP contribution in [0.15, 0.2) is 24.3 Å². The van der Waals surface area contributed by atoms with Gasteiger partial charge in [0.25, 0.3) is 10.1 Å². The maximum Gasteiger partial charge on any atom is 0.264 e. The zero-order chi connectivity index (χ0) is 16.6. The Morgan fingerprint density at radius 1 is 1.27 bits per heavy atom. The van der Waals surface area contributed by atoms with Crippen molar-refractivity contribution in [2.45, 2.75) is 19.4 Å². The Balaban J connectivity index is 2.41. The summed E-state index contributed by atoms with van der Waals surface area (Å²) >= 11 is 0. The lowest BCUT2D eigenvalue weighted by Gasteiger charge is -2.22. The number of nitrogens with zero attached hydrogens (tertiary/aromatic N) is 1. The molecule has 5 nitrogen and oxygen atoms in total. The Morgan fingerprint density at radius 3 is 2.45 bits per heavy atom. The lowest BCUT2D eigenvalue weighted by Crippen LogP contribution is -2.31. The van der Waals surface area contributed by atoms with Gasteiger partial charge in [-0.3, -0.25) is 9.08 Å². The average Bonchev–Trinajstić information content (AvgIpc) is 2.44. The van der Waals surface area contributed by atoms with Crippen LogP contribution in [-0.2, 0) is 20.7 Å². The molecular formula is C16H23NO4S. The summed E-state index contributed by atoms with van der Waals surface area (Å²) in [6.07, 6.45) is 7.22. The first-order valence-corrected chi connectivity index (χ1v) is 8.83. The van der Waals surface area contributed by atoms with Gasteiger partial charge in [-0.1, -0.05) is 18.1 Å². The molecule has 0 saturated carbocycles. The Hall–Kier alpha value is -1.55. The zero-order valence-electron chi connectivity index (χ0n) is 13.3. The van der Waals surface area contributed by atoms with E-state index < -0.39 is 10.1 Å². The van der Waals surface area contributed by atoms with Crippen LogP contribution in [0, 0.1) is 12.3 Å². The maximum atomic E-state index is 10.8. The molecule has 22 heavy (non-hydrogen) atoms. The van der Waals surface area contributed by atoms with Crippen LogP contribution in [0.4, 0.5) is 0 Å². The average molecular weight is 325 g/mol. The molecule has 1 aromatic carbocycles. The molecule has 0 radical (unpaired) electrons. The van der Waals surface area contributed by atoms with Crippen molar-refractivity contribution in [1.82, 2.24) is 4.90 Å². The molecule has 0 fully saturated rings. The van der Waals surface area contributed by atoms with E-state index in [0.29, 0.717) is 18.3 Å². The highest BCUT2D eigenvalue weighted by atomic mass is 32.2. The van der Waals surface area contributed by atoms with E-state index in [-0.39, 0.29) is 13.2 Å². The summed E-state index contributed by atoms with van der Waals surface area (Å²) in [5.74, 6) is 3.32. The molecule has 1 unspecified atom stereocenters. The molecule has 0 spiro atoms. The van der Waals surface area contributed by atoms with Crippen molar-refractivity contribution in [2.24, 2.45) is 0 Å². The summed E-state index contributed by atoms with van der Waals surface area (Å²) in [5.41, 5.74) is 1.19. The minimum absolute atomic E-state index is 0.00843. The zero-order valence-corrected chi connectivity index (χ0v) is 14.1. The van der Waals surface area contributed by atoms with E-state index in [1.165, 1.54) is 5.56 Å². The molecule has 122 valence electrons.